The van der Waals surface area contributed by atoms with Gasteiger partial charge in [-0.1, -0.05) is 49.7 Å². The Bertz CT molecular complexity index is 625. The molecule has 0 unspecified atom stereocenters. The minimum absolute atomic E-state index is 0.107. The number of hydrogen-bond acceptors (Lipinski definition) is 1. The maximum absolute atomic E-state index is 12.0. The highest BCUT2D eigenvalue weighted by molar-refractivity contribution is 5.64. The quantitative estimate of drug-likeness (QED) is 0.611. The Hall–Kier alpha value is -2.23. The van der Waals surface area contributed by atoms with Gasteiger partial charge in [0, 0.05) is 6.08 Å². The molecular formula is C19H19F3O. The third kappa shape index (κ3) is 5.81. The van der Waals surface area contributed by atoms with Crippen molar-refractivity contribution in [1.29, 1.82) is 0 Å². The SMILES string of the molecule is CCCc1ccc(-c2ccc(OCC=CC(F)(F)F)cc2)cc1. The van der Waals surface area contributed by atoms with E-state index in [-0.39, 0.29) is 12.7 Å². The molecule has 2 aromatic carbocycles. The summed E-state index contributed by atoms with van der Waals surface area (Å²) in [5.74, 6) is 0.545. The van der Waals surface area contributed by atoms with Crippen molar-refractivity contribution in [2.45, 2.75) is 25.9 Å². The standard InChI is InChI=1S/C19H19F3O/c1-2-4-15-5-7-16(8-6-15)17-9-11-18(12-10-17)23-14-3-13-19(20,21)22/h3,5-13H,2,4,14H2,1H3. The summed E-state index contributed by atoms with van der Waals surface area (Å²) in [4.78, 5) is 0. The van der Waals surface area contributed by atoms with Crippen molar-refractivity contribution in [3.8, 4) is 16.9 Å². The van der Waals surface area contributed by atoms with Gasteiger partial charge in [-0.15, -0.1) is 0 Å². The molecule has 0 saturated carbocycles. The Morgan fingerprint density at radius 3 is 2.00 bits per heavy atom. The average Bonchev–Trinajstić information content (AvgIpc) is 2.52. The van der Waals surface area contributed by atoms with Crippen LogP contribution in [0.25, 0.3) is 11.1 Å². The van der Waals surface area contributed by atoms with E-state index in [0.717, 1.165) is 30.0 Å². The molecule has 0 N–H and O–H groups in total. The topological polar surface area (TPSA) is 9.23 Å². The fourth-order valence-corrected chi connectivity index (χ4v) is 2.22. The summed E-state index contributed by atoms with van der Waals surface area (Å²) in [5, 5.41) is 0. The Morgan fingerprint density at radius 1 is 0.913 bits per heavy atom. The van der Waals surface area contributed by atoms with Crippen LogP contribution in [0.15, 0.2) is 60.7 Å². The maximum Gasteiger partial charge on any atom is 0.409 e. The second-order valence-electron chi connectivity index (χ2n) is 5.23. The molecule has 0 aliphatic carbocycles. The van der Waals surface area contributed by atoms with Crippen LogP contribution in [-0.2, 0) is 6.42 Å². The molecule has 0 aromatic heterocycles. The van der Waals surface area contributed by atoms with Gasteiger partial charge in [0.2, 0.25) is 0 Å². The number of benzene rings is 2. The van der Waals surface area contributed by atoms with Crippen LogP contribution >= 0.6 is 0 Å². The van der Waals surface area contributed by atoms with Gasteiger partial charge in [-0.3, -0.25) is 0 Å². The highest BCUT2D eigenvalue weighted by Crippen LogP contribution is 2.23. The lowest BCUT2D eigenvalue weighted by atomic mass is 10.0. The van der Waals surface area contributed by atoms with E-state index in [1.807, 2.05) is 12.1 Å². The number of halogens is 3. The van der Waals surface area contributed by atoms with Gasteiger partial charge in [-0.2, -0.15) is 13.2 Å². The van der Waals surface area contributed by atoms with E-state index in [0.29, 0.717) is 5.75 Å². The first-order valence-corrected chi connectivity index (χ1v) is 7.54. The Kier molecular flexibility index (Phi) is 5.85. The van der Waals surface area contributed by atoms with E-state index >= 15 is 0 Å². The number of allylic oxidation sites excluding steroid dienone is 1. The first-order valence-electron chi connectivity index (χ1n) is 7.54. The second kappa shape index (κ2) is 7.86. The molecule has 0 aliphatic rings. The Labute approximate surface area is 134 Å². The van der Waals surface area contributed by atoms with Gasteiger partial charge in [0.25, 0.3) is 0 Å². The molecule has 0 bridgehead atoms. The molecule has 0 radical (unpaired) electrons. The van der Waals surface area contributed by atoms with Crippen molar-refractivity contribution in [3.05, 3.63) is 66.2 Å². The molecule has 2 aromatic rings. The number of aryl methyl sites for hydroxylation is 1. The van der Waals surface area contributed by atoms with Crippen molar-refractivity contribution < 1.29 is 17.9 Å². The van der Waals surface area contributed by atoms with Gasteiger partial charge in [0.1, 0.15) is 12.4 Å². The summed E-state index contributed by atoms with van der Waals surface area (Å²) in [6.45, 7) is 2.04. The minimum atomic E-state index is -4.29. The molecule has 0 saturated heterocycles. The van der Waals surface area contributed by atoms with Crippen LogP contribution in [0.5, 0.6) is 5.75 Å². The predicted molar refractivity (Wildman–Crippen MR) is 86.6 cm³/mol. The molecule has 0 atom stereocenters. The summed E-state index contributed by atoms with van der Waals surface area (Å²) >= 11 is 0. The van der Waals surface area contributed by atoms with E-state index in [1.54, 1.807) is 12.1 Å². The van der Waals surface area contributed by atoms with Crippen molar-refractivity contribution in [2.24, 2.45) is 0 Å². The number of ether oxygens (including phenoxy) is 1. The van der Waals surface area contributed by atoms with Crippen LogP contribution in [0.4, 0.5) is 13.2 Å². The summed E-state index contributed by atoms with van der Waals surface area (Å²) in [6.07, 6.45) is -0.969. The normalized spacial score (nSPS) is 11.8. The zero-order valence-electron chi connectivity index (χ0n) is 12.9. The molecule has 0 aliphatic heterocycles. The van der Waals surface area contributed by atoms with Gasteiger partial charge < -0.3 is 4.74 Å². The van der Waals surface area contributed by atoms with Crippen molar-refractivity contribution in [1.82, 2.24) is 0 Å². The molecule has 0 amide bonds. The number of alkyl halides is 3. The smallest absolute Gasteiger partial charge is 0.409 e. The molecule has 0 fully saturated rings. The van der Waals surface area contributed by atoms with Crippen LogP contribution in [0.3, 0.4) is 0 Å². The average molecular weight is 320 g/mol. The predicted octanol–water partition coefficient (Wildman–Crippen LogP) is 5.80. The molecule has 4 heteroatoms. The summed E-state index contributed by atoms with van der Waals surface area (Å²) in [6, 6.07) is 15.7. The van der Waals surface area contributed by atoms with Gasteiger partial charge >= 0.3 is 6.18 Å². The van der Waals surface area contributed by atoms with Crippen molar-refractivity contribution in [3.63, 3.8) is 0 Å². The number of hydrogen-bond donors (Lipinski definition) is 0. The van der Waals surface area contributed by atoms with E-state index in [9.17, 15) is 13.2 Å². The van der Waals surface area contributed by atoms with Gasteiger partial charge in [0.15, 0.2) is 0 Å². The third-order valence-corrected chi connectivity index (χ3v) is 3.33. The third-order valence-electron chi connectivity index (χ3n) is 3.33. The lowest BCUT2D eigenvalue weighted by molar-refractivity contribution is -0.0801. The molecule has 23 heavy (non-hydrogen) atoms. The summed E-state index contributed by atoms with van der Waals surface area (Å²) in [7, 11) is 0. The lowest BCUT2D eigenvalue weighted by Gasteiger charge is -2.07. The summed E-state index contributed by atoms with van der Waals surface area (Å²) in [5.41, 5.74) is 3.47. The van der Waals surface area contributed by atoms with Crippen LogP contribution in [0.1, 0.15) is 18.9 Å². The molecule has 122 valence electrons. The summed E-state index contributed by atoms with van der Waals surface area (Å²) < 4.78 is 41.1. The van der Waals surface area contributed by atoms with Crippen molar-refractivity contribution >= 4 is 0 Å². The molecular weight excluding hydrogens is 301 g/mol. The fraction of sp³-hybridized carbons (Fsp3) is 0.263. The first-order chi connectivity index (χ1) is 11.0. The zero-order chi connectivity index (χ0) is 16.7. The first kappa shape index (κ1) is 17.1. The Morgan fingerprint density at radius 2 is 1.48 bits per heavy atom. The van der Waals surface area contributed by atoms with E-state index in [1.165, 1.54) is 5.56 Å². The number of rotatable bonds is 6. The second-order valence-corrected chi connectivity index (χ2v) is 5.23. The van der Waals surface area contributed by atoms with E-state index in [4.69, 9.17) is 4.74 Å². The van der Waals surface area contributed by atoms with Crippen molar-refractivity contribution in [2.75, 3.05) is 6.61 Å². The highest BCUT2D eigenvalue weighted by atomic mass is 19.4. The minimum Gasteiger partial charge on any atom is -0.490 e. The fourth-order valence-electron chi connectivity index (χ4n) is 2.22. The van der Waals surface area contributed by atoms with Crippen LogP contribution in [-0.4, -0.2) is 12.8 Å². The van der Waals surface area contributed by atoms with Crippen LogP contribution < -0.4 is 4.74 Å². The largest absolute Gasteiger partial charge is 0.490 e. The van der Waals surface area contributed by atoms with Crippen LogP contribution in [0.2, 0.25) is 0 Å². The Balaban J connectivity index is 1.95. The van der Waals surface area contributed by atoms with Gasteiger partial charge in [0.05, 0.1) is 0 Å². The maximum atomic E-state index is 12.0. The molecule has 1 nitrogen and oxygen atoms in total. The van der Waals surface area contributed by atoms with Gasteiger partial charge in [-0.25, -0.2) is 0 Å². The van der Waals surface area contributed by atoms with Crippen LogP contribution in [0, 0.1) is 0 Å². The highest BCUT2D eigenvalue weighted by Gasteiger charge is 2.21. The lowest BCUT2D eigenvalue weighted by Crippen LogP contribution is -2.02. The molecule has 0 spiro atoms. The monoisotopic (exact) mass is 320 g/mol. The van der Waals surface area contributed by atoms with Gasteiger partial charge in [-0.05, 0) is 41.3 Å². The molecule has 0 heterocycles. The molecule has 2 rings (SSSR count). The van der Waals surface area contributed by atoms with E-state index in [2.05, 4.69) is 31.2 Å². The zero-order valence-corrected chi connectivity index (χ0v) is 12.9. The van der Waals surface area contributed by atoms with E-state index < -0.39 is 6.18 Å².